The van der Waals surface area contributed by atoms with Crippen molar-refractivity contribution >= 4 is 11.7 Å². The fourth-order valence-electron chi connectivity index (χ4n) is 2.23. The highest BCUT2D eigenvalue weighted by Gasteiger charge is 2.33. The summed E-state index contributed by atoms with van der Waals surface area (Å²) in [5, 5.41) is 4.54. The zero-order valence-corrected chi connectivity index (χ0v) is 13.7. The van der Waals surface area contributed by atoms with E-state index in [9.17, 15) is 18.0 Å². The van der Waals surface area contributed by atoms with Gasteiger partial charge < -0.3 is 15.4 Å². The number of nitrogens with one attached hydrogen (secondary N) is 2. The summed E-state index contributed by atoms with van der Waals surface area (Å²) < 4.78 is 43.9. The van der Waals surface area contributed by atoms with Gasteiger partial charge in [0, 0.05) is 0 Å². The lowest BCUT2D eigenvalue weighted by atomic mass is 10.1. The lowest BCUT2D eigenvalue weighted by Crippen LogP contribution is -2.32. The number of rotatable bonds is 6. The van der Waals surface area contributed by atoms with Crippen molar-refractivity contribution < 1.29 is 22.7 Å². The number of alkyl halides is 3. The standard InChI is InChI=1S/C18H19F3N2O2/c1-2-5-13-8-10-14(11-9-13)25-12-22-17(24)23-16-7-4-3-6-15(16)18(19,20)21/h3-4,6-11H,2,5,12H2,1H3,(H2,22,23,24). The van der Waals surface area contributed by atoms with Crippen LogP contribution in [0, 0.1) is 0 Å². The smallest absolute Gasteiger partial charge is 0.418 e. The fourth-order valence-corrected chi connectivity index (χ4v) is 2.23. The van der Waals surface area contributed by atoms with Gasteiger partial charge in [-0.2, -0.15) is 13.2 Å². The number of para-hydroxylation sites is 1. The van der Waals surface area contributed by atoms with Crippen LogP contribution in [0.1, 0.15) is 24.5 Å². The third kappa shape index (κ3) is 5.70. The van der Waals surface area contributed by atoms with Gasteiger partial charge >= 0.3 is 12.2 Å². The zero-order chi connectivity index (χ0) is 18.3. The maximum Gasteiger partial charge on any atom is 0.418 e. The Kier molecular flexibility index (Phi) is 6.27. The van der Waals surface area contributed by atoms with Crippen molar-refractivity contribution in [1.29, 1.82) is 0 Å². The number of anilines is 1. The molecular formula is C18H19F3N2O2. The van der Waals surface area contributed by atoms with Gasteiger partial charge in [-0.1, -0.05) is 37.6 Å². The van der Waals surface area contributed by atoms with Gasteiger partial charge in [-0.25, -0.2) is 4.79 Å². The van der Waals surface area contributed by atoms with Crippen LogP contribution in [0.2, 0.25) is 0 Å². The maximum absolute atomic E-state index is 12.9. The van der Waals surface area contributed by atoms with Crippen molar-refractivity contribution in [2.75, 3.05) is 12.0 Å². The second-order valence-electron chi connectivity index (χ2n) is 5.36. The van der Waals surface area contributed by atoms with E-state index in [0.29, 0.717) is 5.75 Å². The van der Waals surface area contributed by atoms with Gasteiger partial charge in [-0.05, 0) is 36.2 Å². The first-order chi connectivity index (χ1) is 11.9. The lowest BCUT2D eigenvalue weighted by Gasteiger charge is -2.14. The van der Waals surface area contributed by atoms with E-state index in [0.717, 1.165) is 18.9 Å². The highest BCUT2D eigenvalue weighted by molar-refractivity contribution is 5.90. The summed E-state index contributed by atoms with van der Waals surface area (Å²) >= 11 is 0. The number of ether oxygens (including phenoxy) is 1. The molecule has 0 aliphatic carbocycles. The van der Waals surface area contributed by atoms with Gasteiger partial charge in [-0.15, -0.1) is 0 Å². The van der Waals surface area contributed by atoms with Gasteiger partial charge in [0.25, 0.3) is 0 Å². The highest BCUT2D eigenvalue weighted by atomic mass is 19.4. The number of hydrogen-bond acceptors (Lipinski definition) is 2. The van der Waals surface area contributed by atoms with Crippen LogP contribution in [0.15, 0.2) is 48.5 Å². The minimum Gasteiger partial charge on any atom is -0.473 e. The Bertz CT molecular complexity index is 700. The summed E-state index contributed by atoms with van der Waals surface area (Å²) in [6.07, 6.45) is -2.53. The highest BCUT2D eigenvalue weighted by Crippen LogP contribution is 2.34. The molecule has 7 heteroatoms. The maximum atomic E-state index is 12.9. The van der Waals surface area contributed by atoms with Crippen LogP contribution >= 0.6 is 0 Å². The summed E-state index contributed by atoms with van der Waals surface area (Å²) in [7, 11) is 0. The third-order valence-electron chi connectivity index (χ3n) is 3.41. The van der Waals surface area contributed by atoms with Crippen LogP contribution in [0.5, 0.6) is 5.75 Å². The van der Waals surface area contributed by atoms with E-state index in [-0.39, 0.29) is 12.4 Å². The minimum atomic E-state index is -4.54. The quantitative estimate of drug-likeness (QED) is 0.733. The van der Waals surface area contributed by atoms with Gasteiger partial charge in [0.05, 0.1) is 11.3 Å². The van der Waals surface area contributed by atoms with E-state index in [1.165, 1.54) is 23.8 Å². The van der Waals surface area contributed by atoms with Crippen LogP contribution in [0.3, 0.4) is 0 Å². The predicted molar refractivity (Wildman–Crippen MR) is 89.5 cm³/mol. The van der Waals surface area contributed by atoms with Gasteiger partial charge in [0.15, 0.2) is 6.73 Å². The fraction of sp³-hybridized carbons (Fsp3) is 0.278. The number of halogens is 3. The Morgan fingerprint density at radius 3 is 2.40 bits per heavy atom. The van der Waals surface area contributed by atoms with Crippen molar-refractivity contribution in [3.8, 4) is 5.75 Å². The van der Waals surface area contributed by atoms with Crippen LogP contribution in [-0.2, 0) is 12.6 Å². The average Bonchev–Trinajstić information content (AvgIpc) is 2.56. The van der Waals surface area contributed by atoms with E-state index in [1.807, 2.05) is 12.1 Å². The molecule has 2 N–H and O–H groups in total. The SMILES string of the molecule is CCCc1ccc(OCNC(=O)Nc2ccccc2C(F)(F)F)cc1. The number of benzene rings is 2. The molecule has 25 heavy (non-hydrogen) atoms. The summed E-state index contributed by atoms with van der Waals surface area (Å²) in [6.45, 7) is 1.93. The Labute approximate surface area is 144 Å². The van der Waals surface area contributed by atoms with Gasteiger partial charge in [0.1, 0.15) is 5.75 Å². The van der Waals surface area contributed by atoms with E-state index in [2.05, 4.69) is 17.6 Å². The first kappa shape index (κ1) is 18.6. The van der Waals surface area contributed by atoms with E-state index >= 15 is 0 Å². The monoisotopic (exact) mass is 352 g/mol. The molecule has 2 aromatic rings. The molecule has 0 aromatic heterocycles. The molecule has 0 fully saturated rings. The number of hydrogen-bond donors (Lipinski definition) is 2. The molecular weight excluding hydrogens is 333 g/mol. The molecule has 0 bridgehead atoms. The van der Waals surface area contributed by atoms with E-state index in [4.69, 9.17) is 4.74 Å². The van der Waals surface area contributed by atoms with Crippen LogP contribution in [0.25, 0.3) is 0 Å². The van der Waals surface area contributed by atoms with Crippen molar-refractivity contribution in [1.82, 2.24) is 5.32 Å². The summed E-state index contributed by atoms with van der Waals surface area (Å²) in [5.74, 6) is 0.566. The molecule has 2 rings (SSSR count). The van der Waals surface area contributed by atoms with Crippen molar-refractivity contribution in [3.05, 3.63) is 59.7 Å². The molecule has 0 atom stereocenters. The predicted octanol–water partition coefficient (Wildman–Crippen LogP) is 4.82. The van der Waals surface area contributed by atoms with E-state index < -0.39 is 17.8 Å². The summed E-state index contributed by atoms with van der Waals surface area (Å²) in [6, 6.07) is 11.4. The number of urea groups is 1. The number of carbonyl (C=O) groups excluding carboxylic acids is 1. The Hall–Kier alpha value is -2.70. The first-order valence-electron chi connectivity index (χ1n) is 7.83. The first-order valence-corrected chi connectivity index (χ1v) is 7.83. The Morgan fingerprint density at radius 2 is 1.76 bits per heavy atom. The summed E-state index contributed by atoms with van der Waals surface area (Å²) in [5.41, 5.74) is -0.0293. The molecule has 2 aromatic carbocycles. The molecule has 0 heterocycles. The molecule has 2 amide bonds. The molecule has 4 nitrogen and oxygen atoms in total. The molecule has 0 aliphatic heterocycles. The van der Waals surface area contributed by atoms with Crippen molar-refractivity contribution in [3.63, 3.8) is 0 Å². The molecule has 0 saturated carbocycles. The molecule has 0 radical (unpaired) electrons. The van der Waals surface area contributed by atoms with Crippen LogP contribution in [0.4, 0.5) is 23.7 Å². The third-order valence-corrected chi connectivity index (χ3v) is 3.41. The van der Waals surface area contributed by atoms with Crippen molar-refractivity contribution in [2.24, 2.45) is 0 Å². The topological polar surface area (TPSA) is 50.4 Å². The minimum absolute atomic E-state index is 0.160. The normalized spacial score (nSPS) is 11.0. The summed E-state index contributed by atoms with van der Waals surface area (Å²) in [4.78, 5) is 11.8. The molecule has 134 valence electrons. The molecule has 0 aliphatic rings. The van der Waals surface area contributed by atoms with Gasteiger partial charge in [0.2, 0.25) is 0 Å². The average molecular weight is 352 g/mol. The van der Waals surface area contributed by atoms with Crippen LogP contribution in [-0.4, -0.2) is 12.8 Å². The molecule has 0 unspecified atom stereocenters. The van der Waals surface area contributed by atoms with Gasteiger partial charge in [-0.3, -0.25) is 0 Å². The Morgan fingerprint density at radius 1 is 1.08 bits per heavy atom. The second kappa shape index (κ2) is 8.41. The number of aryl methyl sites for hydroxylation is 1. The Balaban J connectivity index is 1.85. The number of amides is 2. The van der Waals surface area contributed by atoms with Crippen LogP contribution < -0.4 is 15.4 Å². The molecule has 0 spiro atoms. The van der Waals surface area contributed by atoms with Crippen molar-refractivity contribution in [2.45, 2.75) is 25.9 Å². The lowest BCUT2D eigenvalue weighted by molar-refractivity contribution is -0.136. The second-order valence-corrected chi connectivity index (χ2v) is 5.36. The molecule has 0 saturated heterocycles. The largest absolute Gasteiger partial charge is 0.473 e. The van der Waals surface area contributed by atoms with E-state index in [1.54, 1.807) is 12.1 Å². The zero-order valence-electron chi connectivity index (χ0n) is 13.7. The number of carbonyl (C=O) groups is 1.